The smallest absolute Gasteiger partial charge is 0.407 e. The first-order valence-electron chi connectivity index (χ1n) is 3.46. The zero-order chi connectivity index (χ0) is 10.9. The van der Waals surface area contributed by atoms with Crippen molar-refractivity contribution in [1.82, 2.24) is 0 Å². The van der Waals surface area contributed by atoms with Gasteiger partial charge >= 0.3 is 12.1 Å². The zero-order valence-electron chi connectivity index (χ0n) is 6.71. The van der Waals surface area contributed by atoms with Crippen molar-refractivity contribution >= 4 is 17.3 Å². The molecule has 3 nitrogen and oxygen atoms in total. The Morgan fingerprint density at radius 2 is 2.14 bits per heavy atom. The van der Waals surface area contributed by atoms with Gasteiger partial charge in [-0.25, -0.2) is 4.79 Å². The molecule has 0 spiro atoms. The van der Waals surface area contributed by atoms with E-state index in [0.717, 1.165) is 22.8 Å². The van der Waals surface area contributed by atoms with Gasteiger partial charge in [-0.2, -0.15) is 13.2 Å². The molecule has 0 fully saturated rings. The van der Waals surface area contributed by atoms with Crippen LogP contribution in [-0.4, -0.2) is 17.3 Å². The molecule has 14 heavy (non-hydrogen) atoms. The van der Waals surface area contributed by atoms with E-state index in [1.807, 2.05) is 0 Å². The molecule has 0 aliphatic carbocycles. The SMILES string of the molecule is N[C@H](c1csc(C(=O)O)c1)C(F)(F)F. The maximum absolute atomic E-state index is 12.1. The highest BCUT2D eigenvalue weighted by atomic mass is 32.1. The number of alkyl halides is 3. The molecule has 3 N–H and O–H groups in total. The molecule has 0 radical (unpaired) electrons. The minimum absolute atomic E-state index is 0.153. The van der Waals surface area contributed by atoms with Crippen LogP contribution in [0.5, 0.6) is 0 Å². The summed E-state index contributed by atoms with van der Waals surface area (Å²) in [6.45, 7) is 0. The summed E-state index contributed by atoms with van der Waals surface area (Å²) in [7, 11) is 0. The topological polar surface area (TPSA) is 63.3 Å². The van der Waals surface area contributed by atoms with E-state index in [1.54, 1.807) is 0 Å². The maximum atomic E-state index is 12.1. The Morgan fingerprint density at radius 1 is 1.57 bits per heavy atom. The molecule has 1 rings (SSSR count). The molecule has 0 bridgehead atoms. The van der Waals surface area contributed by atoms with Crippen molar-refractivity contribution in [1.29, 1.82) is 0 Å². The van der Waals surface area contributed by atoms with E-state index < -0.39 is 18.2 Å². The van der Waals surface area contributed by atoms with E-state index >= 15 is 0 Å². The van der Waals surface area contributed by atoms with Crippen LogP contribution in [0.15, 0.2) is 11.4 Å². The fraction of sp³-hybridized carbons (Fsp3) is 0.286. The Labute approximate surface area is 81.0 Å². The highest BCUT2D eigenvalue weighted by Gasteiger charge is 2.38. The van der Waals surface area contributed by atoms with Gasteiger partial charge in [-0.3, -0.25) is 0 Å². The highest BCUT2D eigenvalue weighted by molar-refractivity contribution is 7.12. The number of aromatic carboxylic acids is 1. The maximum Gasteiger partial charge on any atom is 0.407 e. The Kier molecular flexibility index (Phi) is 2.81. The summed E-state index contributed by atoms with van der Waals surface area (Å²) in [5, 5.41) is 9.57. The monoisotopic (exact) mass is 225 g/mol. The summed E-state index contributed by atoms with van der Waals surface area (Å²) in [6.07, 6.45) is -4.54. The molecule has 7 heteroatoms. The summed E-state index contributed by atoms with van der Waals surface area (Å²) in [6, 6.07) is -1.18. The summed E-state index contributed by atoms with van der Waals surface area (Å²) in [5.74, 6) is -1.25. The van der Waals surface area contributed by atoms with Crippen LogP contribution in [0.25, 0.3) is 0 Å². The van der Waals surface area contributed by atoms with Crippen molar-refractivity contribution in [3.05, 3.63) is 21.9 Å². The molecule has 0 saturated heterocycles. The molecule has 0 aliphatic rings. The first kappa shape index (κ1) is 11.0. The summed E-state index contributed by atoms with van der Waals surface area (Å²) in [4.78, 5) is 10.2. The van der Waals surface area contributed by atoms with Crippen LogP contribution in [0.3, 0.4) is 0 Å². The van der Waals surface area contributed by atoms with E-state index in [2.05, 4.69) is 0 Å². The highest BCUT2D eigenvalue weighted by Crippen LogP contribution is 2.32. The Morgan fingerprint density at radius 3 is 2.50 bits per heavy atom. The molecule has 1 heterocycles. The van der Waals surface area contributed by atoms with Crippen molar-refractivity contribution in [3.8, 4) is 0 Å². The number of hydrogen-bond acceptors (Lipinski definition) is 3. The largest absolute Gasteiger partial charge is 0.477 e. The van der Waals surface area contributed by atoms with Crippen LogP contribution in [0, 0.1) is 0 Å². The molecule has 0 saturated carbocycles. The zero-order valence-corrected chi connectivity index (χ0v) is 7.52. The van der Waals surface area contributed by atoms with Crippen molar-refractivity contribution in [3.63, 3.8) is 0 Å². The predicted molar refractivity (Wildman–Crippen MR) is 44.3 cm³/mol. The van der Waals surface area contributed by atoms with Gasteiger partial charge in [0, 0.05) is 0 Å². The minimum Gasteiger partial charge on any atom is -0.477 e. The average Bonchev–Trinajstić information content (AvgIpc) is 2.48. The summed E-state index contributed by atoms with van der Waals surface area (Å²) >= 11 is 0.723. The fourth-order valence-corrected chi connectivity index (χ4v) is 1.60. The van der Waals surface area contributed by atoms with Crippen LogP contribution >= 0.6 is 11.3 Å². The number of halogens is 3. The van der Waals surface area contributed by atoms with Crippen LogP contribution in [0.1, 0.15) is 21.3 Å². The van der Waals surface area contributed by atoms with Crippen LogP contribution < -0.4 is 5.73 Å². The van der Waals surface area contributed by atoms with Gasteiger partial charge in [0.25, 0.3) is 0 Å². The van der Waals surface area contributed by atoms with E-state index in [9.17, 15) is 18.0 Å². The third kappa shape index (κ3) is 2.24. The lowest BCUT2D eigenvalue weighted by Gasteiger charge is -2.13. The molecular formula is C7H6F3NO2S. The second-order valence-electron chi connectivity index (χ2n) is 2.57. The van der Waals surface area contributed by atoms with E-state index in [0.29, 0.717) is 0 Å². The number of rotatable bonds is 2. The van der Waals surface area contributed by atoms with Gasteiger partial charge in [0.05, 0.1) is 0 Å². The van der Waals surface area contributed by atoms with Crippen LogP contribution in [0.4, 0.5) is 13.2 Å². The molecule has 0 aliphatic heterocycles. The van der Waals surface area contributed by atoms with Gasteiger partial charge in [0.2, 0.25) is 0 Å². The minimum atomic E-state index is -4.54. The third-order valence-electron chi connectivity index (χ3n) is 1.54. The number of carboxylic acids is 1. The lowest BCUT2D eigenvalue weighted by molar-refractivity contribution is -0.149. The predicted octanol–water partition coefficient (Wildman–Crippen LogP) is 2.01. The molecular weight excluding hydrogens is 219 g/mol. The quantitative estimate of drug-likeness (QED) is 0.809. The molecule has 1 aromatic rings. The Balaban J connectivity index is 2.92. The van der Waals surface area contributed by atoms with E-state index in [-0.39, 0.29) is 10.4 Å². The first-order valence-corrected chi connectivity index (χ1v) is 4.34. The lowest BCUT2D eigenvalue weighted by Crippen LogP contribution is -2.27. The summed E-state index contributed by atoms with van der Waals surface area (Å²) in [5.41, 5.74) is 4.65. The number of thiophene rings is 1. The number of carboxylic acid groups (broad SMARTS) is 1. The van der Waals surface area contributed by atoms with Crippen molar-refractivity contribution in [2.45, 2.75) is 12.2 Å². The van der Waals surface area contributed by atoms with Gasteiger partial charge in [-0.05, 0) is 17.0 Å². The molecule has 1 aromatic heterocycles. The van der Waals surface area contributed by atoms with Gasteiger partial charge < -0.3 is 10.8 Å². The summed E-state index contributed by atoms with van der Waals surface area (Å²) < 4.78 is 36.2. The van der Waals surface area contributed by atoms with Crippen molar-refractivity contribution in [2.75, 3.05) is 0 Å². The Bertz CT molecular complexity index is 347. The van der Waals surface area contributed by atoms with Crippen LogP contribution in [-0.2, 0) is 0 Å². The Hall–Kier alpha value is -1.08. The molecule has 0 aromatic carbocycles. The average molecular weight is 225 g/mol. The first-order chi connectivity index (χ1) is 6.32. The second-order valence-corrected chi connectivity index (χ2v) is 3.48. The standard InChI is InChI=1S/C7H6F3NO2S/c8-7(9,10)5(11)3-1-4(6(12)13)14-2-3/h1-2,5H,11H2,(H,12,13)/t5-/m1/s1. The van der Waals surface area contributed by atoms with Gasteiger partial charge in [0.15, 0.2) is 0 Å². The van der Waals surface area contributed by atoms with Crippen molar-refractivity contribution in [2.24, 2.45) is 5.73 Å². The van der Waals surface area contributed by atoms with Gasteiger partial charge in [-0.1, -0.05) is 0 Å². The van der Waals surface area contributed by atoms with Gasteiger partial charge in [0.1, 0.15) is 10.9 Å². The molecule has 0 amide bonds. The molecule has 78 valence electrons. The second kappa shape index (κ2) is 3.58. The van der Waals surface area contributed by atoms with E-state index in [1.165, 1.54) is 0 Å². The lowest BCUT2D eigenvalue weighted by atomic mass is 10.1. The van der Waals surface area contributed by atoms with Gasteiger partial charge in [-0.15, -0.1) is 11.3 Å². The molecule has 1 atom stereocenters. The number of hydrogen-bond donors (Lipinski definition) is 2. The van der Waals surface area contributed by atoms with Crippen molar-refractivity contribution < 1.29 is 23.1 Å². The third-order valence-corrected chi connectivity index (χ3v) is 2.48. The number of carbonyl (C=O) groups is 1. The fourth-order valence-electron chi connectivity index (χ4n) is 0.815. The van der Waals surface area contributed by atoms with E-state index in [4.69, 9.17) is 10.8 Å². The normalized spacial score (nSPS) is 14.0. The van der Waals surface area contributed by atoms with Crippen LogP contribution in [0.2, 0.25) is 0 Å². The molecule has 0 unspecified atom stereocenters. The number of nitrogens with two attached hydrogens (primary N) is 1.